The Kier molecular flexibility index (Phi) is 4.44. The predicted octanol–water partition coefficient (Wildman–Crippen LogP) is 2.60. The highest BCUT2D eigenvalue weighted by atomic mass is 16.3. The Labute approximate surface area is 112 Å². The molecule has 0 spiro atoms. The van der Waals surface area contributed by atoms with E-state index in [1.165, 1.54) is 5.56 Å². The fourth-order valence-corrected chi connectivity index (χ4v) is 1.55. The van der Waals surface area contributed by atoms with Gasteiger partial charge in [0.1, 0.15) is 5.75 Å². The summed E-state index contributed by atoms with van der Waals surface area (Å²) in [6.07, 6.45) is 6.59. The molecule has 2 aromatic rings. The number of nitrogens with one attached hydrogen (secondary N) is 1. The fourth-order valence-electron chi connectivity index (χ4n) is 1.55. The van der Waals surface area contributed by atoms with Crippen molar-refractivity contribution in [2.24, 2.45) is 5.10 Å². The number of hydrogen-bond acceptors (Lipinski definition) is 5. The first kappa shape index (κ1) is 13.0. The molecular weight excluding hydrogens is 240 g/mol. The molecule has 0 aliphatic heterocycles. The summed E-state index contributed by atoms with van der Waals surface area (Å²) in [7, 11) is 0. The van der Waals surface area contributed by atoms with Crippen LogP contribution in [-0.2, 0) is 6.42 Å². The van der Waals surface area contributed by atoms with Gasteiger partial charge in [-0.1, -0.05) is 12.1 Å². The second-order valence-electron chi connectivity index (χ2n) is 4.22. The lowest BCUT2D eigenvalue weighted by Crippen LogP contribution is -2.01. The van der Waals surface area contributed by atoms with Crippen molar-refractivity contribution in [2.75, 3.05) is 5.43 Å². The molecule has 98 valence electrons. The summed E-state index contributed by atoms with van der Waals surface area (Å²) in [6, 6.07) is 7.22. The van der Waals surface area contributed by atoms with Crippen LogP contribution in [0.3, 0.4) is 0 Å². The minimum Gasteiger partial charge on any atom is -0.508 e. The number of aromatic hydroxyl groups is 1. The van der Waals surface area contributed by atoms with Gasteiger partial charge in [0.2, 0.25) is 0 Å². The number of benzene rings is 1. The molecule has 0 atom stereocenters. The first-order chi connectivity index (χ1) is 9.24. The van der Waals surface area contributed by atoms with E-state index in [4.69, 9.17) is 0 Å². The van der Waals surface area contributed by atoms with Crippen LogP contribution in [0.2, 0.25) is 0 Å². The maximum absolute atomic E-state index is 9.20. The van der Waals surface area contributed by atoms with Crippen LogP contribution in [0, 0.1) is 0 Å². The minimum absolute atomic E-state index is 0.290. The van der Waals surface area contributed by atoms with Crippen molar-refractivity contribution in [1.29, 1.82) is 0 Å². The van der Waals surface area contributed by atoms with Gasteiger partial charge in [0.15, 0.2) is 5.82 Å². The molecule has 5 nitrogen and oxygen atoms in total. The highest BCUT2D eigenvalue weighted by molar-refractivity contribution is 5.82. The molecule has 0 fully saturated rings. The van der Waals surface area contributed by atoms with Crippen molar-refractivity contribution in [3.63, 3.8) is 0 Å². The van der Waals surface area contributed by atoms with E-state index in [1.54, 1.807) is 30.7 Å². The fraction of sp³-hybridized carbons (Fsp3) is 0.214. The molecular formula is C14H16N4O. The van der Waals surface area contributed by atoms with Crippen LogP contribution in [-0.4, -0.2) is 20.8 Å². The van der Waals surface area contributed by atoms with Gasteiger partial charge in [-0.05, 0) is 37.5 Å². The monoisotopic (exact) mass is 256 g/mol. The summed E-state index contributed by atoms with van der Waals surface area (Å²) in [5.41, 5.74) is 5.02. The third-order valence-electron chi connectivity index (χ3n) is 2.64. The number of aromatic nitrogens is 2. The molecule has 1 aromatic heterocycles. The van der Waals surface area contributed by atoms with E-state index in [9.17, 15) is 5.11 Å². The minimum atomic E-state index is 0.290. The Bertz CT molecular complexity index is 537. The second kappa shape index (κ2) is 6.49. The number of rotatable bonds is 5. The van der Waals surface area contributed by atoms with Gasteiger partial charge in [0.25, 0.3) is 0 Å². The van der Waals surface area contributed by atoms with Crippen LogP contribution in [0.4, 0.5) is 5.82 Å². The average molecular weight is 256 g/mol. The molecule has 0 amide bonds. The van der Waals surface area contributed by atoms with Crippen molar-refractivity contribution in [3.05, 3.63) is 48.4 Å². The van der Waals surface area contributed by atoms with Crippen LogP contribution in [0.1, 0.15) is 18.9 Å². The Morgan fingerprint density at radius 3 is 2.74 bits per heavy atom. The van der Waals surface area contributed by atoms with Gasteiger partial charge >= 0.3 is 0 Å². The normalized spacial score (nSPS) is 11.3. The SMILES string of the molecule is C/C(CCc1ccc(O)cc1)=N\Nc1cnccn1. The molecule has 0 saturated carbocycles. The third kappa shape index (κ3) is 4.39. The lowest BCUT2D eigenvalue weighted by atomic mass is 10.1. The van der Waals surface area contributed by atoms with Crippen LogP contribution in [0.15, 0.2) is 48.0 Å². The maximum Gasteiger partial charge on any atom is 0.164 e. The Balaban J connectivity index is 1.84. The summed E-state index contributed by atoms with van der Waals surface area (Å²) in [5, 5.41) is 13.4. The van der Waals surface area contributed by atoms with Gasteiger partial charge in [0, 0.05) is 18.1 Å². The molecule has 5 heteroatoms. The predicted molar refractivity (Wildman–Crippen MR) is 75.2 cm³/mol. The number of nitrogens with zero attached hydrogens (tertiary/aromatic N) is 3. The summed E-state index contributed by atoms with van der Waals surface area (Å²) in [6.45, 7) is 1.96. The van der Waals surface area contributed by atoms with Crippen molar-refractivity contribution >= 4 is 11.5 Å². The molecule has 19 heavy (non-hydrogen) atoms. The summed E-state index contributed by atoms with van der Waals surface area (Å²) < 4.78 is 0. The van der Waals surface area contributed by atoms with Crippen LogP contribution < -0.4 is 5.43 Å². The number of anilines is 1. The lowest BCUT2D eigenvalue weighted by molar-refractivity contribution is 0.475. The zero-order valence-electron chi connectivity index (χ0n) is 10.7. The van der Waals surface area contributed by atoms with Gasteiger partial charge in [-0.25, -0.2) is 4.98 Å². The molecule has 2 N–H and O–H groups in total. The van der Waals surface area contributed by atoms with E-state index in [-0.39, 0.29) is 0 Å². The quantitative estimate of drug-likeness (QED) is 0.637. The van der Waals surface area contributed by atoms with E-state index in [0.29, 0.717) is 11.6 Å². The zero-order valence-corrected chi connectivity index (χ0v) is 10.7. The molecule has 0 aliphatic carbocycles. The molecule has 1 heterocycles. The first-order valence-electron chi connectivity index (χ1n) is 6.07. The molecule has 1 aromatic carbocycles. The maximum atomic E-state index is 9.20. The van der Waals surface area contributed by atoms with E-state index in [1.807, 2.05) is 19.1 Å². The number of hydrogen-bond donors (Lipinski definition) is 2. The van der Waals surface area contributed by atoms with E-state index in [0.717, 1.165) is 18.6 Å². The van der Waals surface area contributed by atoms with Crippen molar-refractivity contribution < 1.29 is 5.11 Å². The summed E-state index contributed by atoms with van der Waals surface area (Å²) >= 11 is 0. The molecule has 0 unspecified atom stereocenters. The molecule has 0 radical (unpaired) electrons. The average Bonchev–Trinajstić information content (AvgIpc) is 2.45. The zero-order chi connectivity index (χ0) is 13.5. The van der Waals surface area contributed by atoms with Crippen molar-refractivity contribution in [2.45, 2.75) is 19.8 Å². The van der Waals surface area contributed by atoms with Gasteiger partial charge in [0.05, 0.1) is 6.20 Å². The Morgan fingerprint density at radius 1 is 1.26 bits per heavy atom. The molecule has 0 bridgehead atoms. The second-order valence-corrected chi connectivity index (χ2v) is 4.22. The Morgan fingerprint density at radius 2 is 2.05 bits per heavy atom. The van der Waals surface area contributed by atoms with Crippen LogP contribution in [0.25, 0.3) is 0 Å². The highest BCUT2D eigenvalue weighted by Gasteiger charge is 1.97. The topological polar surface area (TPSA) is 70.4 Å². The van der Waals surface area contributed by atoms with Crippen molar-refractivity contribution in [1.82, 2.24) is 9.97 Å². The van der Waals surface area contributed by atoms with Gasteiger partial charge in [-0.15, -0.1) is 0 Å². The number of aryl methyl sites for hydroxylation is 1. The summed E-state index contributed by atoms with van der Waals surface area (Å²) in [5.74, 6) is 0.921. The standard InChI is InChI=1S/C14H16N4O/c1-11(17-18-14-10-15-8-9-16-14)2-3-12-4-6-13(19)7-5-12/h4-10,19H,2-3H2,1H3,(H,16,18)/b17-11+. The molecule has 2 rings (SSSR count). The van der Waals surface area contributed by atoms with E-state index in [2.05, 4.69) is 20.5 Å². The molecule has 0 saturated heterocycles. The first-order valence-corrected chi connectivity index (χ1v) is 6.07. The number of hydrazone groups is 1. The number of phenols is 1. The van der Waals surface area contributed by atoms with Gasteiger partial charge in [-0.2, -0.15) is 5.10 Å². The van der Waals surface area contributed by atoms with Crippen molar-refractivity contribution in [3.8, 4) is 5.75 Å². The third-order valence-corrected chi connectivity index (χ3v) is 2.64. The lowest BCUT2D eigenvalue weighted by Gasteiger charge is -2.03. The molecule has 0 aliphatic rings. The highest BCUT2D eigenvalue weighted by Crippen LogP contribution is 2.11. The Hall–Kier alpha value is -2.43. The van der Waals surface area contributed by atoms with Gasteiger partial charge in [-0.3, -0.25) is 10.4 Å². The number of phenolic OH excluding ortho intramolecular Hbond substituents is 1. The van der Waals surface area contributed by atoms with Crippen LogP contribution in [0.5, 0.6) is 5.75 Å². The van der Waals surface area contributed by atoms with Gasteiger partial charge < -0.3 is 5.11 Å². The van der Waals surface area contributed by atoms with Crippen LogP contribution >= 0.6 is 0 Å². The van der Waals surface area contributed by atoms with E-state index < -0.39 is 0 Å². The summed E-state index contributed by atoms with van der Waals surface area (Å²) in [4.78, 5) is 8.02. The van der Waals surface area contributed by atoms with E-state index >= 15 is 0 Å². The largest absolute Gasteiger partial charge is 0.508 e. The smallest absolute Gasteiger partial charge is 0.164 e.